The van der Waals surface area contributed by atoms with Crippen LogP contribution in [0.2, 0.25) is 0 Å². The maximum Gasteiger partial charge on any atom is 0.227 e. The van der Waals surface area contributed by atoms with Crippen LogP contribution >= 0.6 is 0 Å². The molecule has 0 aliphatic rings. The average molecular weight is 201 g/mol. The number of para-hydroxylation sites is 1. The predicted molar refractivity (Wildman–Crippen MR) is 62.3 cm³/mol. The Balaban J connectivity index is 2.79. The second-order valence-electron chi connectivity index (χ2n) is 4.15. The van der Waals surface area contributed by atoms with E-state index in [1.165, 1.54) is 10.9 Å². The molecule has 0 aliphatic heterocycles. The zero-order valence-electron chi connectivity index (χ0n) is 9.32. The van der Waals surface area contributed by atoms with Gasteiger partial charge in [0.15, 0.2) is 0 Å². The van der Waals surface area contributed by atoms with Gasteiger partial charge in [-0.1, -0.05) is 32.0 Å². The van der Waals surface area contributed by atoms with Gasteiger partial charge in [-0.2, -0.15) is 0 Å². The summed E-state index contributed by atoms with van der Waals surface area (Å²) in [5, 5.41) is 1.18. The lowest BCUT2D eigenvalue weighted by Gasteiger charge is -2.00. The van der Waals surface area contributed by atoms with Crippen LogP contribution in [0.1, 0.15) is 37.0 Å². The van der Waals surface area contributed by atoms with Crippen LogP contribution in [0, 0.1) is 0 Å². The van der Waals surface area contributed by atoms with Crippen LogP contribution in [0.15, 0.2) is 30.5 Å². The van der Waals surface area contributed by atoms with Crippen molar-refractivity contribution in [2.24, 2.45) is 0 Å². The quantitative estimate of drug-likeness (QED) is 0.692. The Kier molecular flexibility index (Phi) is 2.35. The smallest absolute Gasteiger partial charge is 0.227 e. The molecule has 1 aromatic carbocycles. The highest BCUT2D eigenvalue weighted by Gasteiger charge is 2.12. The van der Waals surface area contributed by atoms with E-state index in [0.717, 1.165) is 5.52 Å². The third kappa shape index (κ3) is 1.56. The largest absolute Gasteiger partial charge is 0.287 e. The lowest BCUT2D eigenvalue weighted by Crippen LogP contribution is -2.02. The van der Waals surface area contributed by atoms with Crippen LogP contribution in [0.5, 0.6) is 0 Å². The maximum atomic E-state index is 11.5. The van der Waals surface area contributed by atoms with Gasteiger partial charge in [0.2, 0.25) is 5.91 Å². The van der Waals surface area contributed by atoms with Crippen molar-refractivity contribution >= 4 is 16.8 Å². The van der Waals surface area contributed by atoms with Gasteiger partial charge in [-0.3, -0.25) is 9.36 Å². The van der Waals surface area contributed by atoms with Crippen LogP contribution in [0.3, 0.4) is 0 Å². The van der Waals surface area contributed by atoms with Crippen molar-refractivity contribution in [1.29, 1.82) is 0 Å². The molecule has 0 unspecified atom stereocenters. The molecule has 2 aromatic rings. The summed E-state index contributed by atoms with van der Waals surface area (Å²) >= 11 is 0. The van der Waals surface area contributed by atoms with Crippen LogP contribution < -0.4 is 0 Å². The fraction of sp³-hybridized carbons (Fsp3) is 0.308. The number of aromatic nitrogens is 1. The zero-order valence-corrected chi connectivity index (χ0v) is 9.32. The molecule has 0 saturated heterocycles. The molecule has 0 fully saturated rings. The molecule has 2 rings (SSSR count). The van der Waals surface area contributed by atoms with Gasteiger partial charge in [-0.25, -0.2) is 0 Å². The molecule has 0 spiro atoms. The Morgan fingerprint density at radius 2 is 1.93 bits per heavy atom. The third-order valence-corrected chi connectivity index (χ3v) is 2.70. The Labute approximate surface area is 89.5 Å². The minimum atomic E-state index is 0.0677. The van der Waals surface area contributed by atoms with E-state index in [9.17, 15) is 4.79 Å². The molecule has 15 heavy (non-hydrogen) atoms. The molecule has 1 aromatic heterocycles. The van der Waals surface area contributed by atoms with E-state index in [-0.39, 0.29) is 5.91 Å². The molecule has 0 bridgehead atoms. The number of fused-ring (bicyclic) bond motifs is 1. The summed E-state index contributed by atoms with van der Waals surface area (Å²) in [6.07, 6.45) is 1.96. The van der Waals surface area contributed by atoms with Gasteiger partial charge >= 0.3 is 0 Å². The van der Waals surface area contributed by atoms with E-state index in [4.69, 9.17) is 0 Å². The number of carbonyl (C=O) groups excluding carboxylic acids is 1. The van der Waals surface area contributed by atoms with E-state index in [2.05, 4.69) is 19.9 Å². The molecule has 78 valence electrons. The average Bonchev–Trinajstić information content (AvgIpc) is 2.56. The fourth-order valence-electron chi connectivity index (χ4n) is 1.93. The van der Waals surface area contributed by atoms with Crippen molar-refractivity contribution in [2.45, 2.75) is 26.7 Å². The van der Waals surface area contributed by atoms with Gasteiger partial charge in [0.1, 0.15) is 0 Å². The maximum absolute atomic E-state index is 11.5. The topological polar surface area (TPSA) is 22.0 Å². The van der Waals surface area contributed by atoms with Gasteiger partial charge in [0.05, 0.1) is 5.52 Å². The van der Waals surface area contributed by atoms with Crippen LogP contribution in [-0.2, 0) is 0 Å². The first-order valence-electron chi connectivity index (χ1n) is 5.22. The predicted octanol–water partition coefficient (Wildman–Crippen LogP) is 3.42. The molecule has 2 nitrogen and oxygen atoms in total. The summed E-state index contributed by atoms with van der Waals surface area (Å²) in [6, 6.07) is 8.04. The zero-order chi connectivity index (χ0) is 11.0. The fourth-order valence-corrected chi connectivity index (χ4v) is 1.93. The van der Waals surface area contributed by atoms with E-state index < -0.39 is 0 Å². The number of hydrogen-bond donors (Lipinski definition) is 0. The van der Waals surface area contributed by atoms with Crippen molar-refractivity contribution in [3.8, 4) is 0 Å². The summed E-state index contributed by atoms with van der Waals surface area (Å²) in [6.45, 7) is 5.88. The Morgan fingerprint density at radius 1 is 1.27 bits per heavy atom. The van der Waals surface area contributed by atoms with E-state index >= 15 is 0 Å². The van der Waals surface area contributed by atoms with Crippen LogP contribution in [0.25, 0.3) is 10.9 Å². The Hall–Kier alpha value is -1.57. The molecular weight excluding hydrogens is 186 g/mol. The van der Waals surface area contributed by atoms with E-state index in [0.29, 0.717) is 5.92 Å². The highest BCUT2D eigenvalue weighted by Crippen LogP contribution is 2.27. The number of benzene rings is 1. The minimum Gasteiger partial charge on any atom is -0.287 e. The number of nitrogens with zero attached hydrogens (tertiary/aromatic N) is 1. The first-order chi connectivity index (χ1) is 7.11. The van der Waals surface area contributed by atoms with E-state index in [1.807, 2.05) is 24.4 Å². The molecule has 0 atom stereocenters. The number of rotatable bonds is 1. The summed E-state index contributed by atoms with van der Waals surface area (Å²) in [7, 11) is 0. The van der Waals surface area contributed by atoms with Crippen LogP contribution in [-0.4, -0.2) is 10.5 Å². The molecule has 0 aliphatic carbocycles. The number of hydrogen-bond acceptors (Lipinski definition) is 1. The molecule has 1 heterocycles. The summed E-state index contributed by atoms with van der Waals surface area (Å²) in [5.41, 5.74) is 2.24. The highest BCUT2D eigenvalue weighted by molar-refractivity contribution is 5.93. The monoisotopic (exact) mass is 201 g/mol. The van der Waals surface area contributed by atoms with Crippen molar-refractivity contribution in [3.05, 3.63) is 36.0 Å². The minimum absolute atomic E-state index is 0.0677. The third-order valence-electron chi connectivity index (χ3n) is 2.70. The summed E-state index contributed by atoms with van der Waals surface area (Å²) < 4.78 is 1.73. The molecule has 0 radical (unpaired) electrons. The van der Waals surface area contributed by atoms with E-state index in [1.54, 1.807) is 11.5 Å². The first-order valence-corrected chi connectivity index (χ1v) is 5.22. The molecule has 0 N–H and O–H groups in total. The standard InChI is InChI=1S/C13H15NO/c1-9(2)12-8-14(10(3)15)13-7-5-4-6-11(12)13/h4-9H,1-3H3. The van der Waals surface area contributed by atoms with Gasteiger partial charge < -0.3 is 0 Å². The van der Waals surface area contributed by atoms with Crippen LogP contribution in [0.4, 0.5) is 0 Å². The molecule has 0 saturated carbocycles. The number of carbonyl (C=O) groups is 1. The van der Waals surface area contributed by atoms with Gasteiger partial charge in [-0.15, -0.1) is 0 Å². The Morgan fingerprint density at radius 3 is 2.53 bits per heavy atom. The van der Waals surface area contributed by atoms with Crippen molar-refractivity contribution < 1.29 is 4.79 Å². The van der Waals surface area contributed by atoms with Crippen molar-refractivity contribution in [3.63, 3.8) is 0 Å². The second kappa shape index (κ2) is 3.54. The lowest BCUT2D eigenvalue weighted by molar-refractivity contribution is 0.0941. The highest BCUT2D eigenvalue weighted by atomic mass is 16.1. The normalized spacial score (nSPS) is 11.2. The molecule has 0 amide bonds. The van der Waals surface area contributed by atoms with Crippen molar-refractivity contribution in [1.82, 2.24) is 4.57 Å². The Bertz CT molecular complexity index is 508. The van der Waals surface area contributed by atoms with Gasteiger partial charge in [0.25, 0.3) is 0 Å². The molecular formula is C13H15NO. The lowest BCUT2D eigenvalue weighted by atomic mass is 10.0. The van der Waals surface area contributed by atoms with Gasteiger partial charge in [0, 0.05) is 18.5 Å². The van der Waals surface area contributed by atoms with Crippen molar-refractivity contribution in [2.75, 3.05) is 0 Å². The summed E-state index contributed by atoms with van der Waals surface area (Å²) in [5.74, 6) is 0.508. The van der Waals surface area contributed by atoms with Gasteiger partial charge in [-0.05, 0) is 17.5 Å². The summed E-state index contributed by atoms with van der Waals surface area (Å²) in [4.78, 5) is 11.5. The SMILES string of the molecule is CC(=O)n1cc(C(C)C)c2ccccc21. The molecule has 2 heteroatoms. The second-order valence-corrected chi connectivity index (χ2v) is 4.15. The first kappa shape index (κ1) is 9.97.